The normalized spacial score (nSPS) is 27.1. The van der Waals surface area contributed by atoms with Gasteiger partial charge in [0.1, 0.15) is 6.04 Å². The molecule has 2 aromatic rings. The number of rotatable bonds is 11. The molecular weight excluding hydrogens is 510 g/mol. The first-order valence-corrected chi connectivity index (χ1v) is 15.0. The van der Waals surface area contributed by atoms with Gasteiger partial charge in [-0.2, -0.15) is 0 Å². The molecule has 5 rings (SSSR count). The zero-order valence-electron chi connectivity index (χ0n) is 22.8. The van der Waals surface area contributed by atoms with E-state index in [0.29, 0.717) is 13.1 Å². The summed E-state index contributed by atoms with van der Waals surface area (Å²) in [6, 6.07) is 15.1. The Balaban J connectivity index is 1.40. The van der Waals surface area contributed by atoms with E-state index in [1.807, 2.05) is 62.4 Å². The molecule has 5 atom stereocenters. The number of aryl methyl sites for hydroxylation is 2. The predicted molar refractivity (Wildman–Crippen MR) is 154 cm³/mol. The quantitative estimate of drug-likeness (QED) is 0.365. The summed E-state index contributed by atoms with van der Waals surface area (Å²) < 4.78 is -0.595. The summed E-state index contributed by atoms with van der Waals surface area (Å²) in [6.45, 7) is 5.02. The number of hydrogen-bond donors (Lipinski definition) is 3. The number of thioether (sulfide) groups is 1. The number of nitrogens with zero attached hydrogens (tertiary/aromatic N) is 1. The van der Waals surface area contributed by atoms with E-state index in [2.05, 4.69) is 10.6 Å². The molecule has 3 amide bonds. The lowest BCUT2D eigenvalue weighted by atomic mass is 9.70. The topological polar surface area (TPSA) is 98.7 Å². The number of aliphatic hydroxyl groups is 1. The van der Waals surface area contributed by atoms with Gasteiger partial charge in [-0.1, -0.05) is 61.4 Å². The van der Waals surface area contributed by atoms with Crippen LogP contribution < -0.4 is 10.6 Å². The van der Waals surface area contributed by atoms with Gasteiger partial charge >= 0.3 is 0 Å². The Morgan fingerprint density at radius 1 is 1.00 bits per heavy atom. The molecule has 0 saturated carbocycles. The van der Waals surface area contributed by atoms with Crippen molar-refractivity contribution in [1.82, 2.24) is 10.2 Å². The van der Waals surface area contributed by atoms with Crippen molar-refractivity contribution in [2.24, 2.45) is 11.8 Å². The minimum Gasteiger partial charge on any atom is -0.396 e. The monoisotopic (exact) mass is 549 g/mol. The molecule has 2 aromatic carbocycles. The molecule has 3 heterocycles. The van der Waals surface area contributed by atoms with Gasteiger partial charge in [0.15, 0.2) is 0 Å². The van der Waals surface area contributed by atoms with Crippen LogP contribution in [0.5, 0.6) is 0 Å². The van der Waals surface area contributed by atoms with E-state index >= 15 is 0 Å². The Hall–Kier alpha value is -2.84. The van der Waals surface area contributed by atoms with Crippen molar-refractivity contribution in [3.8, 4) is 0 Å². The average molecular weight is 550 g/mol. The first-order valence-electron chi connectivity index (χ1n) is 14.2. The number of nitrogens with one attached hydrogen (secondary N) is 2. The highest BCUT2D eigenvalue weighted by atomic mass is 32.2. The highest BCUT2D eigenvalue weighted by molar-refractivity contribution is 8.02. The molecule has 3 N–H and O–H groups in total. The van der Waals surface area contributed by atoms with Crippen LogP contribution in [0, 0.1) is 25.7 Å². The van der Waals surface area contributed by atoms with Gasteiger partial charge < -0.3 is 20.6 Å². The van der Waals surface area contributed by atoms with Crippen molar-refractivity contribution in [2.45, 2.75) is 75.0 Å². The molecule has 2 unspecified atom stereocenters. The third-order valence-electron chi connectivity index (χ3n) is 8.70. The second-order valence-corrected chi connectivity index (χ2v) is 12.8. The molecule has 0 radical (unpaired) electrons. The van der Waals surface area contributed by atoms with Crippen LogP contribution >= 0.6 is 11.8 Å². The molecule has 3 aliphatic heterocycles. The third-order valence-corrected chi connectivity index (χ3v) is 10.6. The summed E-state index contributed by atoms with van der Waals surface area (Å²) in [6.07, 6.45) is 4.85. The van der Waals surface area contributed by atoms with E-state index in [1.165, 1.54) is 0 Å². The van der Waals surface area contributed by atoms with Crippen molar-refractivity contribution in [2.75, 3.05) is 18.5 Å². The van der Waals surface area contributed by atoms with Crippen LogP contribution in [0.15, 0.2) is 48.5 Å². The van der Waals surface area contributed by atoms with Gasteiger partial charge in [-0.15, -0.1) is 11.8 Å². The predicted octanol–water partition coefficient (Wildman–Crippen LogP) is 4.20. The van der Waals surface area contributed by atoms with Gasteiger partial charge in [0.2, 0.25) is 17.7 Å². The second-order valence-electron chi connectivity index (χ2n) is 11.2. The summed E-state index contributed by atoms with van der Waals surface area (Å²) in [4.78, 5) is 43.5. The summed E-state index contributed by atoms with van der Waals surface area (Å²) >= 11 is 1.70. The molecule has 1 spiro atoms. The highest BCUT2D eigenvalue weighted by Crippen LogP contribution is 2.66. The standard InChI is InChI=1S/C31H39N3O4S/c1-20-11-10-12-21(2)26(20)33-29(37)27-31-16-15-23(39-31)24(28(36)32-19-22-13-6-5-7-14-22)25(31)30(38)34(27)17-8-3-4-9-18-35/h5-7,10-14,23-25,27,35H,3-4,8-9,15-19H2,1-2H3,(H,32,36)(H,33,37)/t23-,24+,25-,27?,31?/m0/s1. The van der Waals surface area contributed by atoms with Gasteiger partial charge in [-0.25, -0.2) is 0 Å². The Labute approximate surface area is 235 Å². The fourth-order valence-electron chi connectivity index (χ4n) is 6.85. The van der Waals surface area contributed by atoms with Crippen LogP contribution in [0.2, 0.25) is 0 Å². The van der Waals surface area contributed by atoms with Crippen LogP contribution in [0.1, 0.15) is 55.2 Å². The van der Waals surface area contributed by atoms with Crippen LogP contribution in [0.25, 0.3) is 0 Å². The maximum Gasteiger partial charge on any atom is 0.248 e. The lowest BCUT2D eigenvalue weighted by Gasteiger charge is -2.34. The number of aliphatic hydroxyl groups excluding tert-OH is 1. The molecular formula is C31H39N3O4S. The van der Waals surface area contributed by atoms with Gasteiger partial charge in [-0.3, -0.25) is 14.4 Å². The summed E-state index contributed by atoms with van der Waals surface area (Å²) in [5, 5.41) is 15.4. The maximum absolute atomic E-state index is 14.1. The van der Waals surface area contributed by atoms with E-state index in [9.17, 15) is 14.4 Å². The number of anilines is 1. The molecule has 39 heavy (non-hydrogen) atoms. The lowest BCUT2D eigenvalue weighted by molar-refractivity contribution is -0.139. The second kappa shape index (κ2) is 11.7. The number of unbranched alkanes of at least 4 members (excludes halogenated alkanes) is 3. The van der Waals surface area contributed by atoms with E-state index in [-0.39, 0.29) is 29.6 Å². The number of likely N-dealkylation sites (tertiary alicyclic amines) is 1. The van der Waals surface area contributed by atoms with Crippen molar-refractivity contribution in [3.05, 3.63) is 65.2 Å². The number of amides is 3. The van der Waals surface area contributed by atoms with Crippen LogP contribution in [-0.2, 0) is 20.9 Å². The highest BCUT2D eigenvalue weighted by Gasteiger charge is 2.73. The number of para-hydroxylation sites is 1. The first kappa shape index (κ1) is 27.7. The summed E-state index contributed by atoms with van der Waals surface area (Å²) in [5.41, 5.74) is 3.79. The Kier molecular flexibility index (Phi) is 8.33. The summed E-state index contributed by atoms with van der Waals surface area (Å²) in [7, 11) is 0. The largest absolute Gasteiger partial charge is 0.396 e. The molecule has 2 bridgehead atoms. The summed E-state index contributed by atoms with van der Waals surface area (Å²) in [5.74, 6) is -1.24. The SMILES string of the molecule is Cc1cccc(C)c1NC(=O)C1N(CCCCCCO)C(=O)[C@@H]2[C@H](C(=O)NCc3ccccc3)[C@@H]3CCC12S3. The van der Waals surface area contributed by atoms with Gasteiger partial charge in [0.05, 0.1) is 16.6 Å². The molecule has 0 aromatic heterocycles. The number of benzene rings is 2. The Bertz CT molecular complexity index is 1200. The zero-order chi connectivity index (χ0) is 27.6. The zero-order valence-corrected chi connectivity index (χ0v) is 23.6. The van der Waals surface area contributed by atoms with Crippen LogP contribution in [0.3, 0.4) is 0 Å². The van der Waals surface area contributed by atoms with Crippen molar-refractivity contribution < 1.29 is 19.5 Å². The van der Waals surface area contributed by atoms with E-state index in [1.54, 1.807) is 16.7 Å². The molecule has 3 saturated heterocycles. The minimum absolute atomic E-state index is 0.0388. The van der Waals surface area contributed by atoms with Crippen molar-refractivity contribution in [1.29, 1.82) is 0 Å². The molecule has 208 valence electrons. The Morgan fingerprint density at radius 2 is 1.72 bits per heavy atom. The van der Waals surface area contributed by atoms with Crippen LogP contribution in [-0.4, -0.2) is 56.9 Å². The average Bonchev–Trinajstić information content (AvgIpc) is 3.57. The number of carbonyl (C=O) groups excluding carboxylic acids is 3. The molecule has 8 heteroatoms. The molecule has 3 aliphatic rings. The van der Waals surface area contributed by atoms with Gasteiger partial charge in [-0.05, 0) is 56.2 Å². The molecule has 7 nitrogen and oxygen atoms in total. The fourth-order valence-corrected chi connectivity index (χ4v) is 9.07. The lowest BCUT2D eigenvalue weighted by Crippen LogP contribution is -2.52. The maximum atomic E-state index is 14.1. The minimum atomic E-state index is -0.617. The number of carbonyl (C=O) groups is 3. The Morgan fingerprint density at radius 3 is 2.44 bits per heavy atom. The molecule has 3 fully saturated rings. The van der Waals surface area contributed by atoms with Gasteiger partial charge in [0, 0.05) is 30.6 Å². The van der Waals surface area contributed by atoms with Crippen LogP contribution in [0.4, 0.5) is 5.69 Å². The third kappa shape index (κ3) is 5.21. The van der Waals surface area contributed by atoms with Gasteiger partial charge in [0.25, 0.3) is 0 Å². The first-order chi connectivity index (χ1) is 18.9. The van der Waals surface area contributed by atoms with E-state index in [0.717, 1.165) is 60.9 Å². The fraction of sp³-hybridized carbons (Fsp3) is 0.516. The van der Waals surface area contributed by atoms with E-state index < -0.39 is 22.6 Å². The smallest absolute Gasteiger partial charge is 0.248 e. The van der Waals surface area contributed by atoms with Crippen molar-refractivity contribution >= 4 is 35.2 Å². The number of hydrogen-bond acceptors (Lipinski definition) is 5. The molecule has 0 aliphatic carbocycles. The van der Waals surface area contributed by atoms with E-state index in [4.69, 9.17) is 5.11 Å². The number of fused-ring (bicyclic) bond motifs is 1. The van der Waals surface area contributed by atoms with Crippen molar-refractivity contribution in [3.63, 3.8) is 0 Å².